The number of nitrogens with zero attached hydrogens (tertiary/aromatic N) is 2. The summed E-state index contributed by atoms with van der Waals surface area (Å²) in [6.45, 7) is 0. The summed E-state index contributed by atoms with van der Waals surface area (Å²) in [4.78, 5) is 4.73. The fraction of sp³-hybridized carbons (Fsp3) is 0.172. The molecule has 2 aromatic heterocycles. The van der Waals surface area contributed by atoms with Gasteiger partial charge in [-0.05, 0) is 332 Å². The van der Waals surface area contributed by atoms with E-state index in [9.17, 15) is 0 Å². The zero-order valence-electron chi connectivity index (χ0n) is 67.2. The maximum Gasteiger partial charge on any atom is 0.137 e. The minimum Gasteiger partial charge on any atom is -0.456 e. The summed E-state index contributed by atoms with van der Waals surface area (Å²) in [5, 5.41) is 4.91. The van der Waals surface area contributed by atoms with Crippen LogP contribution in [0.1, 0.15) is 86.5 Å². The maximum atomic E-state index is 6.38. The van der Waals surface area contributed by atoms with Crippen LogP contribution in [-0.4, -0.2) is 0 Å². The van der Waals surface area contributed by atoms with Crippen LogP contribution in [0.3, 0.4) is 0 Å². The third-order valence-electron chi connectivity index (χ3n) is 30.1. The number of anilines is 6. The van der Waals surface area contributed by atoms with E-state index in [-0.39, 0.29) is 10.8 Å². The van der Waals surface area contributed by atoms with E-state index < -0.39 is 0 Å². The van der Waals surface area contributed by atoms with Gasteiger partial charge in [-0.25, -0.2) is 0 Å². The van der Waals surface area contributed by atoms with Gasteiger partial charge in [0.05, 0.1) is 0 Å². The summed E-state index contributed by atoms with van der Waals surface area (Å²) < 4.78 is 9.01. The average Bonchev–Trinajstić information content (AvgIpc) is 1.50. The highest BCUT2D eigenvalue weighted by atomic mass is 32.1. The molecule has 3 nitrogen and oxygen atoms in total. The molecular formula is C116H90N2OS. The number of benzene rings is 16. The molecule has 120 heavy (non-hydrogen) atoms. The summed E-state index contributed by atoms with van der Waals surface area (Å²) in [5.74, 6) is 6.96. The highest BCUT2D eigenvalue weighted by Crippen LogP contribution is 2.71. The average molecular weight is 1560 g/mol. The lowest BCUT2D eigenvalue weighted by atomic mass is 9.43. The molecular weight excluding hydrogens is 1470 g/mol. The van der Waals surface area contributed by atoms with Gasteiger partial charge in [-0.1, -0.05) is 261 Å². The molecule has 28 rings (SSSR count). The first-order valence-electron chi connectivity index (χ1n) is 44.0. The Bertz CT molecular complexity index is 6570. The zero-order valence-corrected chi connectivity index (χ0v) is 68.0. The van der Waals surface area contributed by atoms with Gasteiger partial charge in [0.1, 0.15) is 11.2 Å². The van der Waals surface area contributed by atoms with Gasteiger partial charge in [-0.15, -0.1) is 11.3 Å². The number of furan rings is 1. The molecule has 0 saturated heterocycles. The minimum absolute atomic E-state index is 0.205. The van der Waals surface area contributed by atoms with Gasteiger partial charge in [-0.3, -0.25) is 0 Å². The Morgan fingerprint density at radius 2 is 0.525 bits per heavy atom. The van der Waals surface area contributed by atoms with Crippen molar-refractivity contribution in [1.29, 1.82) is 0 Å². The Kier molecular flexibility index (Phi) is 16.3. The predicted molar refractivity (Wildman–Crippen MR) is 502 cm³/mol. The quantitative estimate of drug-likeness (QED) is 0.122. The maximum absolute atomic E-state index is 6.38. The molecule has 10 aliphatic carbocycles. The zero-order chi connectivity index (χ0) is 78.7. The fourth-order valence-electron chi connectivity index (χ4n) is 25.5. The van der Waals surface area contributed by atoms with Crippen LogP contribution in [0.5, 0.6) is 0 Å². The van der Waals surface area contributed by atoms with Crippen LogP contribution in [0.2, 0.25) is 0 Å². The SMILES string of the molecule is c1ccc(-c2ccc(N(c3ccc(-c4cccc(-c5ccc6c(c5)-c5ccccc5C65C6CC7CC(C6)CC5C7)c4)cc3)c3ccc4c(c3)oc3ccccc34)cc2)cc1.c1ccc(-c2ccc(N(c3ccc(-c4cccc(-c5ccc6c(c5)-c5ccccc5C65C6CC7CC(C6)CC5C7)c4)cc3)c3ccc4c(c3)sc3ccccc34)cc2)cc1. The van der Waals surface area contributed by atoms with Crippen LogP contribution in [-0.2, 0) is 10.8 Å². The molecule has 2 heterocycles. The lowest BCUT2D eigenvalue weighted by Gasteiger charge is -2.61. The lowest BCUT2D eigenvalue weighted by molar-refractivity contribution is -0.0399. The highest BCUT2D eigenvalue weighted by Gasteiger charge is 2.63. The Morgan fingerprint density at radius 3 is 0.992 bits per heavy atom. The van der Waals surface area contributed by atoms with Crippen molar-refractivity contribution in [3.63, 3.8) is 0 Å². The molecule has 10 aliphatic rings. The van der Waals surface area contributed by atoms with Gasteiger partial charge in [0, 0.05) is 82.0 Å². The number of para-hydroxylation sites is 1. The van der Waals surface area contributed by atoms with Crippen molar-refractivity contribution in [3.8, 4) is 89.0 Å². The number of rotatable bonds is 12. The summed E-state index contributed by atoms with van der Waals surface area (Å²) in [6.07, 6.45) is 14.3. The molecule has 2 spiro atoms. The monoisotopic (exact) mass is 1560 g/mol. The smallest absolute Gasteiger partial charge is 0.137 e. The van der Waals surface area contributed by atoms with Gasteiger partial charge in [0.25, 0.3) is 0 Å². The molecule has 0 aliphatic heterocycles. The Labute approximate surface area is 706 Å². The molecule has 0 atom stereocenters. The summed E-state index contributed by atoms with van der Waals surface area (Å²) in [5.41, 5.74) is 36.2. The molecule has 8 fully saturated rings. The van der Waals surface area contributed by atoms with Gasteiger partial charge in [0.2, 0.25) is 0 Å². The largest absolute Gasteiger partial charge is 0.456 e. The van der Waals surface area contributed by atoms with Crippen molar-refractivity contribution in [2.45, 2.75) is 75.0 Å². The van der Waals surface area contributed by atoms with Crippen molar-refractivity contribution in [3.05, 3.63) is 398 Å². The van der Waals surface area contributed by atoms with Gasteiger partial charge in [-0.2, -0.15) is 0 Å². The Morgan fingerprint density at radius 1 is 0.208 bits per heavy atom. The van der Waals surface area contributed by atoms with Crippen molar-refractivity contribution >= 4 is 87.6 Å². The summed E-state index contributed by atoms with van der Waals surface area (Å²) in [7, 11) is 0. The number of hydrogen-bond acceptors (Lipinski definition) is 4. The summed E-state index contributed by atoms with van der Waals surface area (Å²) >= 11 is 1.87. The molecule has 0 unspecified atom stereocenters. The van der Waals surface area contributed by atoms with Crippen LogP contribution >= 0.6 is 11.3 Å². The van der Waals surface area contributed by atoms with Gasteiger partial charge < -0.3 is 14.2 Å². The fourth-order valence-corrected chi connectivity index (χ4v) is 26.6. The van der Waals surface area contributed by atoms with E-state index in [1.165, 1.54) is 173 Å². The van der Waals surface area contributed by atoms with Crippen LogP contribution in [0, 0.1) is 47.3 Å². The van der Waals surface area contributed by atoms with Crippen LogP contribution < -0.4 is 9.80 Å². The molecule has 16 aromatic carbocycles. The van der Waals surface area contributed by atoms with Crippen LogP contribution in [0.15, 0.2) is 381 Å². The molecule has 18 aromatic rings. The third kappa shape index (κ3) is 11.2. The van der Waals surface area contributed by atoms with E-state index in [0.29, 0.717) is 0 Å². The molecule has 0 N–H and O–H groups in total. The first-order chi connectivity index (χ1) is 59.3. The molecule has 0 amide bonds. The Hall–Kier alpha value is -12.9. The van der Waals surface area contributed by atoms with E-state index in [1.54, 1.807) is 22.3 Å². The van der Waals surface area contributed by atoms with Crippen LogP contribution in [0.25, 0.3) is 131 Å². The molecule has 8 bridgehead atoms. The second kappa shape index (κ2) is 27.9. The van der Waals surface area contributed by atoms with E-state index in [0.717, 1.165) is 103 Å². The minimum atomic E-state index is 0.205. The van der Waals surface area contributed by atoms with Gasteiger partial charge in [0.15, 0.2) is 0 Å². The van der Waals surface area contributed by atoms with Crippen LogP contribution in [0.4, 0.5) is 34.1 Å². The first-order valence-corrected chi connectivity index (χ1v) is 44.8. The van der Waals surface area contributed by atoms with E-state index >= 15 is 0 Å². The normalized spacial score (nSPS) is 22.1. The second-order valence-corrected chi connectivity index (χ2v) is 37.4. The van der Waals surface area contributed by atoms with Crippen molar-refractivity contribution in [2.24, 2.45) is 47.3 Å². The molecule has 8 saturated carbocycles. The number of hydrogen-bond donors (Lipinski definition) is 0. The predicted octanol–water partition coefficient (Wildman–Crippen LogP) is 32.0. The second-order valence-electron chi connectivity index (χ2n) is 36.3. The number of thiophene rings is 1. The number of fused-ring (bicyclic) bond motifs is 12. The van der Waals surface area contributed by atoms with E-state index in [1.807, 2.05) is 23.5 Å². The Balaban J connectivity index is 0.000000133. The summed E-state index contributed by atoms with van der Waals surface area (Å²) in [6, 6.07) is 140. The van der Waals surface area contributed by atoms with Gasteiger partial charge >= 0.3 is 0 Å². The standard InChI is InChI=1S/C58H45NO.C58H45NS/c2*1-2-9-39(10-3-1)40-17-22-47(23-18-40)59(49-26-27-52-51-14-5-7-16-56(51)60-57(52)36-49)48-24-19-41(20-25-48)42-11-8-12-43(34-42)44-21-28-55-53(35-44)50-13-4-6-15-54(50)58(55)45-30-37-29-38(32-45)33-46(58)31-37/h2*1-28,34-38,45-46H,29-33H2. The van der Waals surface area contributed by atoms with E-state index in [2.05, 4.69) is 374 Å². The highest BCUT2D eigenvalue weighted by molar-refractivity contribution is 7.25. The molecule has 0 radical (unpaired) electrons. The van der Waals surface area contributed by atoms with Crippen molar-refractivity contribution < 1.29 is 4.42 Å². The molecule has 4 heteroatoms. The van der Waals surface area contributed by atoms with E-state index in [4.69, 9.17) is 4.42 Å². The third-order valence-corrected chi connectivity index (χ3v) is 31.3. The first kappa shape index (κ1) is 70.2. The topological polar surface area (TPSA) is 19.6 Å². The molecule has 576 valence electrons. The lowest BCUT2D eigenvalue weighted by Crippen LogP contribution is -2.55. The van der Waals surface area contributed by atoms with Crippen molar-refractivity contribution in [2.75, 3.05) is 9.80 Å². The van der Waals surface area contributed by atoms with Crippen molar-refractivity contribution in [1.82, 2.24) is 0 Å².